The number of carbonyl (C=O) groups is 2. The minimum absolute atomic E-state index is 0.0276. The zero-order valence-electron chi connectivity index (χ0n) is 14.0. The van der Waals surface area contributed by atoms with Gasteiger partial charge in [-0.3, -0.25) is 14.5 Å². The molecule has 1 fully saturated rings. The molecule has 1 heterocycles. The predicted molar refractivity (Wildman–Crippen MR) is 88.0 cm³/mol. The molecule has 23 heavy (non-hydrogen) atoms. The van der Waals surface area contributed by atoms with Crippen LogP contribution in [0, 0.1) is 18.8 Å². The van der Waals surface area contributed by atoms with Gasteiger partial charge in [0.25, 0.3) is 0 Å². The van der Waals surface area contributed by atoms with Crippen molar-refractivity contribution in [2.45, 2.75) is 33.6 Å². The summed E-state index contributed by atoms with van der Waals surface area (Å²) in [6, 6.07) is 7.75. The number of fused-ring (bicyclic) bond motifs is 1. The van der Waals surface area contributed by atoms with Crippen molar-refractivity contribution in [2.24, 2.45) is 11.8 Å². The van der Waals surface area contributed by atoms with Crippen molar-refractivity contribution in [2.75, 3.05) is 13.2 Å². The van der Waals surface area contributed by atoms with E-state index in [1.807, 2.05) is 31.2 Å². The van der Waals surface area contributed by atoms with Crippen LogP contribution in [0.4, 0.5) is 0 Å². The number of aryl methyl sites for hydroxylation is 1. The molecule has 2 amide bonds. The Morgan fingerprint density at radius 2 is 1.57 bits per heavy atom. The fourth-order valence-electron chi connectivity index (χ4n) is 3.51. The molecule has 1 saturated heterocycles. The first kappa shape index (κ1) is 15.8. The average molecular weight is 313 g/mol. The zero-order valence-corrected chi connectivity index (χ0v) is 14.0. The average Bonchev–Trinajstić information content (AvgIpc) is 2.74. The summed E-state index contributed by atoms with van der Waals surface area (Å²) in [7, 11) is 0. The Hall–Kier alpha value is -2.10. The fraction of sp³-hybridized carbons (Fsp3) is 0.474. The first-order valence-electron chi connectivity index (χ1n) is 8.18. The van der Waals surface area contributed by atoms with Crippen molar-refractivity contribution in [3.8, 4) is 5.75 Å². The lowest BCUT2D eigenvalue weighted by molar-refractivity contribution is -0.140. The molecule has 0 N–H and O–H groups in total. The Labute approximate surface area is 137 Å². The van der Waals surface area contributed by atoms with Crippen molar-refractivity contribution in [3.63, 3.8) is 0 Å². The van der Waals surface area contributed by atoms with Crippen LogP contribution in [-0.4, -0.2) is 29.9 Å². The van der Waals surface area contributed by atoms with Crippen LogP contribution in [0.2, 0.25) is 0 Å². The highest BCUT2D eigenvalue weighted by Crippen LogP contribution is 2.40. The molecule has 4 nitrogen and oxygen atoms in total. The standard InChI is InChI=1S/C19H23NO3/c1-12-6-4-5-7-17(12)23-9-8-20-18(21)15-10-13(2)14(3)11-16(15)19(20)22/h4-7,15-16H,8-11H2,1-3H3/t15-,16+. The highest BCUT2D eigenvalue weighted by Gasteiger charge is 2.48. The molecule has 2 atom stereocenters. The second-order valence-corrected chi connectivity index (χ2v) is 6.62. The van der Waals surface area contributed by atoms with E-state index in [0.29, 0.717) is 13.2 Å². The van der Waals surface area contributed by atoms with E-state index in [-0.39, 0.29) is 23.7 Å². The van der Waals surface area contributed by atoms with Gasteiger partial charge in [-0.2, -0.15) is 0 Å². The van der Waals surface area contributed by atoms with E-state index in [1.54, 1.807) is 0 Å². The summed E-state index contributed by atoms with van der Waals surface area (Å²) in [6.07, 6.45) is 1.44. The number of benzene rings is 1. The van der Waals surface area contributed by atoms with Gasteiger partial charge in [0.2, 0.25) is 11.8 Å². The van der Waals surface area contributed by atoms with Crippen LogP contribution in [0.3, 0.4) is 0 Å². The number of para-hydroxylation sites is 1. The molecule has 1 aliphatic heterocycles. The van der Waals surface area contributed by atoms with E-state index in [0.717, 1.165) is 24.2 Å². The number of allylic oxidation sites excluding steroid dienone is 2. The topological polar surface area (TPSA) is 46.6 Å². The largest absolute Gasteiger partial charge is 0.491 e. The normalized spacial score (nSPS) is 24.2. The quantitative estimate of drug-likeness (QED) is 0.634. The number of hydrogen-bond acceptors (Lipinski definition) is 3. The summed E-state index contributed by atoms with van der Waals surface area (Å²) < 4.78 is 5.73. The van der Waals surface area contributed by atoms with Crippen LogP contribution in [0.1, 0.15) is 32.3 Å². The molecule has 2 aliphatic rings. The van der Waals surface area contributed by atoms with E-state index in [1.165, 1.54) is 16.0 Å². The number of imide groups is 1. The maximum absolute atomic E-state index is 12.5. The molecule has 122 valence electrons. The van der Waals surface area contributed by atoms with Crippen molar-refractivity contribution >= 4 is 11.8 Å². The third-order valence-electron chi connectivity index (χ3n) is 5.10. The Balaban J connectivity index is 1.63. The maximum Gasteiger partial charge on any atom is 0.233 e. The lowest BCUT2D eigenvalue weighted by Crippen LogP contribution is -2.34. The van der Waals surface area contributed by atoms with E-state index in [4.69, 9.17) is 4.74 Å². The van der Waals surface area contributed by atoms with Gasteiger partial charge in [0, 0.05) is 0 Å². The van der Waals surface area contributed by atoms with Gasteiger partial charge in [-0.05, 0) is 45.2 Å². The van der Waals surface area contributed by atoms with Gasteiger partial charge in [0.15, 0.2) is 0 Å². The minimum atomic E-state index is -0.162. The van der Waals surface area contributed by atoms with Gasteiger partial charge in [-0.25, -0.2) is 0 Å². The molecule has 0 aromatic heterocycles. The van der Waals surface area contributed by atoms with Crippen molar-refractivity contribution in [3.05, 3.63) is 41.0 Å². The predicted octanol–water partition coefficient (Wildman–Crippen LogP) is 3.11. The van der Waals surface area contributed by atoms with Crippen LogP contribution < -0.4 is 4.74 Å². The van der Waals surface area contributed by atoms with Crippen molar-refractivity contribution in [1.29, 1.82) is 0 Å². The van der Waals surface area contributed by atoms with E-state index < -0.39 is 0 Å². The Bertz CT molecular complexity index is 645. The molecule has 0 bridgehead atoms. The van der Waals surface area contributed by atoms with Gasteiger partial charge < -0.3 is 4.74 Å². The molecule has 1 aromatic rings. The number of nitrogens with zero attached hydrogens (tertiary/aromatic N) is 1. The number of carbonyl (C=O) groups excluding carboxylic acids is 2. The first-order chi connectivity index (χ1) is 11.0. The molecule has 1 aromatic carbocycles. The van der Waals surface area contributed by atoms with Crippen LogP contribution in [0.15, 0.2) is 35.4 Å². The monoisotopic (exact) mass is 313 g/mol. The minimum Gasteiger partial charge on any atom is -0.491 e. The number of rotatable bonds is 4. The molecule has 0 radical (unpaired) electrons. The molecule has 0 spiro atoms. The van der Waals surface area contributed by atoms with Crippen molar-refractivity contribution < 1.29 is 14.3 Å². The molecular weight excluding hydrogens is 290 g/mol. The molecule has 0 unspecified atom stereocenters. The van der Waals surface area contributed by atoms with Crippen molar-refractivity contribution in [1.82, 2.24) is 4.90 Å². The second-order valence-electron chi connectivity index (χ2n) is 6.62. The molecule has 1 aliphatic carbocycles. The van der Waals surface area contributed by atoms with Crippen LogP contribution in [-0.2, 0) is 9.59 Å². The summed E-state index contributed by atoms with van der Waals surface area (Å²) in [5.74, 6) is 0.423. The third kappa shape index (κ3) is 2.90. The number of likely N-dealkylation sites (tertiary alicyclic amines) is 1. The van der Waals surface area contributed by atoms with Gasteiger partial charge in [-0.15, -0.1) is 0 Å². The smallest absolute Gasteiger partial charge is 0.233 e. The molecular formula is C19H23NO3. The Morgan fingerprint density at radius 3 is 2.13 bits per heavy atom. The Morgan fingerprint density at radius 1 is 1.00 bits per heavy atom. The lowest BCUT2D eigenvalue weighted by Gasteiger charge is -2.23. The summed E-state index contributed by atoms with van der Waals surface area (Å²) in [5, 5.41) is 0. The van der Waals surface area contributed by atoms with E-state index in [2.05, 4.69) is 13.8 Å². The number of ether oxygens (including phenoxy) is 1. The van der Waals surface area contributed by atoms with Crippen LogP contribution >= 0.6 is 0 Å². The maximum atomic E-state index is 12.5. The van der Waals surface area contributed by atoms with Gasteiger partial charge in [0.1, 0.15) is 12.4 Å². The Kier molecular flexibility index (Phi) is 4.24. The molecule has 0 saturated carbocycles. The summed E-state index contributed by atoms with van der Waals surface area (Å²) in [4.78, 5) is 26.5. The third-order valence-corrected chi connectivity index (χ3v) is 5.10. The number of hydrogen-bond donors (Lipinski definition) is 0. The van der Waals surface area contributed by atoms with Gasteiger partial charge >= 0.3 is 0 Å². The molecule has 3 rings (SSSR count). The second kappa shape index (κ2) is 6.19. The first-order valence-corrected chi connectivity index (χ1v) is 8.18. The fourth-order valence-corrected chi connectivity index (χ4v) is 3.51. The molecule has 4 heteroatoms. The van der Waals surface area contributed by atoms with Crippen LogP contribution in [0.5, 0.6) is 5.75 Å². The highest BCUT2D eigenvalue weighted by atomic mass is 16.5. The van der Waals surface area contributed by atoms with Crippen LogP contribution in [0.25, 0.3) is 0 Å². The number of amides is 2. The highest BCUT2D eigenvalue weighted by molar-refractivity contribution is 6.05. The SMILES string of the molecule is CC1=C(C)C[C@H]2C(=O)N(CCOc3ccccc3C)C(=O)[C@H]2C1. The van der Waals surface area contributed by atoms with E-state index in [9.17, 15) is 9.59 Å². The van der Waals surface area contributed by atoms with E-state index >= 15 is 0 Å². The lowest BCUT2D eigenvalue weighted by atomic mass is 9.78. The summed E-state index contributed by atoms with van der Waals surface area (Å²) >= 11 is 0. The van der Waals surface area contributed by atoms with Gasteiger partial charge in [0.05, 0.1) is 18.4 Å². The summed E-state index contributed by atoms with van der Waals surface area (Å²) in [6.45, 7) is 6.78. The van der Waals surface area contributed by atoms with Gasteiger partial charge in [-0.1, -0.05) is 29.3 Å². The zero-order chi connectivity index (χ0) is 16.6. The summed E-state index contributed by atoms with van der Waals surface area (Å²) in [5.41, 5.74) is 3.56.